The van der Waals surface area contributed by atoms with Crippen molar-refractivity contribution in [3.63, 3.8) is 0 Å². The number of alkyl halides is 3. The number of carbonyl (C=O) groups excluding carboxylic acids is 4. The Labute approximate surface area is 341 Å². The van der Waals surface area contributed by atoms with Crippen LogP contribution in [0.1, 0.15) is 35.4 Å². The van der Waals surface area contributed by atoms with Gasteiger partial charge in [0, 0.05) is 27.2 Å². The summed E-state index contributed by atoms with van der Waals surface area (Å²) in [6.45, 7) is 0. The Morgan fingerprint density at radius 1 is 0.877 bits per heavy atom. The van der Waals surface area contributed by atoms with Gasteiger partial charge in [-0.2, -0.15) is 18.2 Å². The number of fused-ring (bicyclic) bond motifs is 5. The first-order valence-electron chi connectivity index (χ1n) is 17.9. The molecule has 5 aromatic rings. The average Bonchev–Trinajstić information content (AvgIpc) is 3.56. The molecule has 2 aliphatic heterocycles. The number of hydrazine groups is 1. The number of anilines is 2. The monoisotopic (exact) mass is 874 g/mol. The van der Waals surface area contributed by atoms with Crippen LogP contribution < -0.4 is 10.3 Å². The minimum atomic E-state index is -4.76. The second-order valence-electron chi connectivity index (χ2n) is 14.6. The molecule has 9 nitrogen and oxygen atoms in total. The molecule has 0 unspecified atom stereocenters. The van der Waals surface area contributed by atoms with Crippen molar-refractivity contribution in [3.8, 4) is 5.75 Å². The number of halogens is 6. The van der Waals surface area contributed by atoms with E-state index in [2.05, 4.69) is 26.3 Å². The summed E-state index contributed by atoms with van der Waals surface area (Å²) in [6, 6.07) is 24.4. The molecule has 2 saturated heterocycles. The van der Waals surface area contributed by atoms with Gasteiger partial charge in [0.25, 0.3) is 11.8 Å². The van der Waals surface area contributed by atoms with Gasteiger partial charge in [-0.05, 0) is 83.6 Å². The Hall–Kier alpha value is -5.24. The van der Waals surface area contributed by atoms with Crippen LogP contribution in [0, 0.1) is 23.7 Å². The Balaban J connectivity index is 1.27. The van der Waals surface area contributed by atoms with Gasteiger partial charge in [0.15, 0.2) is 5.82 Å². The third-order valence-corrected chi connectivity index (χ3v) is 12.9. The highest BCUT2D eigenvalue weighted by atomic mass is 79.9. The van der Waals surface area contributed by atoms with Gasteiger partial charge in [0.1, 0.15) is 5.75 Å². The standard InChI is InChI=1S/C42H28BrCl2F3N4O5/c43-23-8-12-25(13-9-23)51-37(54)28-15-14-27-29(33(28)39(51)56)18-30-38(55)52(50-36-31(45)17-22(19-49-36)42(46,47)48)40(57)41(30,21-6-10-24(44)11-7-21)35(27)34-26-4-2-1-3-20(26)5-16-32(34)53/h1-14,16-17,19,28-30,33,35,53H,15,18H2,(H,49,50)/t28-,29+,30-,33-,35+,41+/m0/s1. The van der Waals surface area contributed by atoms with E-state index in [1.807, 2.05) is 18.2 Å². The molecule has 6 atom stereocenters. The number of amides is 4. The van der Waals surface area contributed by atoms with Crippen LogP contribution in [0.5, 0.6) is 5.75 Å². The van der Waals surface area contributed by atoms with Crippen LogP contribution in [0.25, 0.3) is 10.8 Å². The third kappa shape index (κ3) is 5.60. The predicted molar refractivity (Wildman–Crippen MR) is 209 cm³/mol. The normalized spacial score (nSPS) is 25.7. The molecule has 288 valence electrons. The Morgan fingerprint density at radius 2 is 1.60 bits per heavy atom. The first-order valence-corrected chi connectivity index (χ1v) is 19.4. The molecule has 1 saturated carbocycles. The minimum absolute atomic E-state index is 0.0677. The molecule has 1 aromatic heterocycles. The molecule has 4 aliphatic rings. The summed E-state index contributed by atoms with van der Waals surface area (Å²) >= 11 is 16.1. The van der Waals surface area contributed by atoms with Gasteiger partial charge in [-0.1, -0.05) is 93.2 Å². The third-order valence-electron chi connectivity index (χ3n) is 11.9. The van der Waals surface area contributed by atoms with E-state index in [9.17, 15) is 27.9 Å². The van der Waals surface area contributed by atoms with Crippen LogP contribution >= 0.6 is 39.1 Å². The fourth-order valence-corrected chi connectivity index (χ4v) is 10.1. The molecule has 3 fully saturated rings. The molecule has 2 N–H and O–H groups in total. The summed E-state index contributed by atoms with van der Waals surface area (Å²) in [7, 11) is 0. The summed E-state index contributed by atoms with van der Waals surface area (Å²) in [5.41, 5.74) is 1.37. The van der Waals surface area contributed by atoms with E-state index < -0.39 is 69.5 Å². The van der Waals surface area contributed by atoms with E-state index in [4.69, 9.17) is 23.2 Å². The number of hydrogen-bond donors (Lipinski definition) is 2. The zero-order valence-electron chi connectivity index (χ0n) is 29.3. The molecule has 4 aromatic carbocycles. The van der Waals surface area contributed by atoms with Gasteiger partial charge < -0.3 is 5.11 Å². The lowest BCUT2D eigenvalue weighted by Gasteiger charge is -2.51. The van der Waals surface area contributed by atoms with Gasteiger partial charge in [0.2, 0.25) is 11.8 Å². The first kappa shape index (κ1) is 37.3. The van der Waals surface area contributed by atoms with Crippen molar-refractivity contribution in [2.45, 2.75) is 30.4 Å². The maximum absolute atomic E-state index is 15.5. The fraction of sp³-hybridized carbons (Fsp3) is 0.214. The second-order valence-corrected chi connectivity index (χ2v) is 16.4. The van der Waals surface area contributed by atoms with Crippen molar-refractivity contribution in [1.29, 1.82) is 0 Å². The van der Waals surface area contributed by atoms with Crippen LogP contribution in [0.2, 0.25) is 10.0 Å². The molecule has 0 bridgehead atoms. The highest BCUT2D eigenvalue weighted by molar-refractivity contribution is 9.10. The molecule has 3 heterocycles. The van der Waals surface area contributed by atoms with Gasteiger partial charge in [0.05, 0.1) is 39.4 Å². The Morgan fingerprint density at radius 3 is 2.30 bits per heavy atom. The number of imide groups is 2. The van der Waals surface area contributed by atoms with Crippen molar-refractivity contribution >= 4 is 85.0 Å². The second kappa shape index (κ2) is 13.4. The Kier molecular flexibility index (Phi) is 8.79. The SMILES string of the molecule is O=C1[C@@H]2C[C@@H]3C(=CC[C@@H]4C(=O)N(c5ccc(Br)cc5)C(=O)[C@@H]43)[C@H](c3c(O)ccc4ccccc34)[C@]2(c2ccc(Cl)cc2)C(=O)N1Nc1ncc(C(F)(F)F)cc1Cl. The zero-order chi connectivity index (χ0) is 40.1. The molecule has 0 spiro atoms. The molecule has 4 amide bonds. The highest BCUT2D eigenvalue weighted by Crippen LogP contribution is 2.65. The van der Waals surface area contributed by atoms with Crippen molar-refractivity contribution < 1.29 is 37.5 Å². The van der Waals surface area contributed by atoms with Gasteiger partial charge >= 0.3 is 6.18 Å². The van der Waals surface area contributed by atoms with Crippen LogP contribution in [0.4, 0.5) is 24.7 Å². The van der Waals surface area contributed by atoms with Crippen LogP contribution in [-0.2, 0) is 30.8 Å². The summed E-state index contributed by atoms with van der Waals surface area (Å²) in [4.78, 5) is 64.3. The van der Waals surface area contributed by atoms with Gasteiger partial charge in [-0.3, -0.25) is 29.5 Å². The lowest BCUT2D eigenvalue weighted by Crippen LogP contribution is -2.53. The van der Waals surface area contributed by atoms with Crippen molar-refractivity contribution in [2.75, 3.05) is 10.3 Å². The number of rotatable bonds is 5. The fourth-order valence-electron chi connectivity index (χ4n) is 9.53. The summed E-state index contributed by atoms with van der Waals surface area (Å²) < 4.78 is 41.4. The van der Waals surface area contributed by atoms with Crippen LogP contribution in [-0.4, -0.2) is 38.7 Å². The topological polar surface area (TPSA) is 120 Å². The molecular weight excluding hydrogens is 848 g/mol. The number of aromatic hydroxyl groups is 1. The summed E-state index contributed by atoms with van der Waals surface area (Å²) in [6.07, 6.45) is -2.28. The number of pyridine rings is 1. The quantitative estimate of drug-likeness (QED) is 0.134. The van der Waals surface area contributed by atoms with E-state index in [1.165, 1.54) is 11.0 Å². The summed E-state index contributed by atoms with van der Waals surface area (Å²) in [5, 5.41) is 13.8. The molecular formula is C42H28BrCl2F3N4O5. The number of benzene rings is 4. The van der Waals surface area contributed by atoms with E-state index >= 15 is 9.59 Å². The number of carbonyl (C=O) groups is 4. The van der Waals surface area contributed by atoms with Crippen molar-refractivity contribution in [3.05, 3.63) is 140 Å². The molecule has 57 heavy (non-hydrogen) atoms. The van der Waals surface area contributed by atoms with Crippen molar-refractivity contribution in [1.82, 2.24) is 9.99 Å². The largest absolute Gasteiger partial charge is 0.508 e. The van der Waals surface area contributed by atoms with Crippen LogP contribution in [0.15, 0.2) is 113 Å². The van der Waals surface area contributed by atoms with E-state index in [0.29, 0.717) is 45.1 Å². The number of hydrogen-bond acceptors (Lipinski definition) is 7. The first-order chi connectivity index (χ1) is 27.2. The van der Waals surface area contributed by atoms with Gasteiger partial charge in [-0.15, -0.1) is 0 Å². The Bertz CT molecular complexity index is 2590. The van der Waals surface area contributed by atoms with Gasteiger partial charge in [-0.25, -0.2) is 4.98 Å². The molecule has 0 radical (unpaired) electrons. The lowest BCUT2D eigenvalue weighted by molar-refractivity contribution is -0.139. The predicted octanol–water partition coefficient (Wildman–Crippen LogP) is 9.22. The lowest BCUT2D eigenvalue weighted by atomic mass is 9.48. The average molecular weight is 877 g/mol. The highest BCUT2D eigenvalue weighted by Gasteiger charge is 2.71. The number of nitrogens with zero attached hydrogens (tertiary/aromatic N) is 3. The number of phenols is 1. The number of phenolic OH excluding ortho intramolecular Hbond substituents is 1. The molecule has 2 aliphatic carbocycles. The molecule has 9 rings (SSSR count). The van der Waals surface area contributed by atoms with E-state index in [0.717, 1.165) is 14.9 Å². The zero-order valence-corrected chi connectivity index (χ0v) is 32.4. The maximum atomic E-state index is 15.5. The smallest absolute Gasteiger partial charge is 0.417 e. The minimum Gasteiger partial charge on any atom is -0.508 e. The van der Waals surface area contributed by atoms with E-state index in [1.54, 1.807) is 66.7 Å². The number of aromatic nitrogens is 1. The van der Waals surface area contributed by atoms with Crippen molar-refractivity contribution in [2.24, 2.45) is 23.7 Å². The maximum Gasteiger partial charge on any atom is 0.417 e. The molecule has 15 heteroatoms. The number of nitrogens with one attached hydrogen (secondary N) is 1. The van der Waals surface area contributed by atoms with E-state index in [-0.39, 0.29) is 30.3 Å². The van der Waals surface area contributed by atoms with Crippen LogP contribution in [0.3, 0.4) is 0 Å². The number of allylic oxidation sites excluding steroid dienone is 2. The summed E-state index contributed by atoms with van der Waals surface area (Å²) in [5.74, 6) is -7.70.